The summed E-state index contributed by atoms with van der Waals surface area (Å²) in [5, 5.41) is 8.74. The molecule has 0 aromatic rings. The smallest absolute Gasteiger partial charge is 0.500 e. The van der Waals surface area contributed by atoms with E-state index in [0.29, 0.717) is 4.48 Å². The van der Waals surface area contributed by atoms with Crippen LogP contribution in [0.3, 0.4) is 0 Å². The van der Waals surface area contributed by atoms with Gasteiger partial charge in [0.05, 0.1) is 6.54 Å². The average molecular weight is 294 g/mol. The molecule has 0 radical (unpaired) electrons. The number of nitrogens with zero attached hydrogens (tertiary/aromatic N) is 1. The zero-order valence-electron chi connectivity index (χ0n) is 14.2. The molecule has 0 saturated heterocycles. The first-order valence-electron chi connectivity index (χ1n) is 7.89. The number of hydrogen-bond acceptors (Lipinski definition) is 1. The van der Waals surface area contributed by atoms with Crippen LogP contribution in [0.25, 0.3) is 0 Å². The van der Waals surface area contributed by atoms with Gasteiger partial charge >= 0.3 is 29.6 Å². The Labute approximate surface area is 148 Å². The molecule has 114 valence electrons. The van der Waals surface area contributed by atoms with Gasteiger partial charge in [-0.1, -0.05) is 64.8 Å². The molecule has 0 aliphatic rings. The first-order valence-corrected chi connectivity index (χ1v) is 7.89. The molecule has 0 rings (SSSR count). The van der Waals surface area contributed by atoms with E-state index in [4.69, 9.17) is 5.11 Å². The van der Waals surface area contributed by atoms with Crippen molar-refractivity contribution < 1.29 is 43.9 Å². The fourth-order valence-corrected chi connectivity index (χ4v) is 2.37. The molecule has 1 N–H and O–H groups in total. The Balaban J connectivity index is 0. The van der Waals surface area contributed by atoms with Crippen molar-refractivity contribution in [3.05, 3.63) is 6.54 Å². The van der Waals surface area contributed by atoms with Crippen LogP contribution < -0.4 is 29.6 Å². The Morgan fingerprint density at radius 3 is 1.70 bits per heavy atom. The van der Waals surface area contributed by atoms with Gasteiger partial charge in [-0.15, -0.1) is 0 Å². The van der Waals surface area contributed by atoms with Crippen molar-refractivity contribution in [2.75, 3.05) is 20.6 Å². The minimum atomic E-state index is -0.822. The number of quaternary nitrogens is 1. The molecule has 0 bridgehead atoms. The predicted octanol–water partition coefficient (Wildman–Crippen LogP) is 1.23. The van der Waals surface area contributed by atoms with Crippen LogP contribution in [-0.4, -0.2) is 36.2 Å². The number of unbranched alkanes of at least 4 members (excludes halogenated alkanes) is 9. The number of likely N-dealkylation sites (N-methyl/N-ethyl adjacent to an activating group) is 1. The van der Waals surface area contributed by atoms with E-state index in [1.54, 1.807) is 0 Å². The molecule has 20 heavy (non-hydrogen) atoms. The second-order valence-electron chi connectivity index (χ2n) is 6.15. The van der Waals surface area contributed by atoms with Crippen LogP contribution in [0.4, 0.5) is 0 Å². The average Bonchev–Trinajstić information content (AvgIpc) is 2.30. The Bertz CT molecular complexity index is 233. The predicted molar refractivity (Wildman–Crippen MR) is 80.8 cm³/mol. The van der Waals surface area contributed by atoms with Crippen molar-refractivity contribution in [1.82, 2.24) is 0 Å². The van der Waals surface area contributed by atoms with Crippen LogP contribution in [0, 0.1) is 6.54 Å². The van der Waals surface area contributed by atoms with E-state index in [1.807, 2.05) is 14.1 Å². The van der Waals surface area contributed by atoms with Crippen LogP contribution in [-0.2, 0) is 4.79 Å². The summed E-state index contributed by atoms with van der Waals surface area (Å²) in [7, 11) is 3.89. The van der Waals surface area contributed by atoms with Crippen LogP contribution in [0.5, 0.6) is 0 Å². The zero-order chi connectivity index (χ0) is 14.6. The summed E-state index contributed by atoms with van der Waals surface area (Å²) in [6, 6.07) is 0. The number of hydrogen-bond donors (Lipinski definition) is 1. The molecule has 0 aliphatic carbocycles. The zero-order valence-corrected chi connectivity index (χ0v) is 16.2. The summed E-state index contributed by atoms with van der Waals surface area (Å²) in [4.78, 5) is 10.6. The molecular weight excluding hydrogens is 261 g/mol. The van der Waals surface area contributed by atoms with E-state index in [2.05, 4.69) is 6.92 Å². The topological polar surface area (TPSA) is 37.3 Å². The number of carboxylic acids is 1. The number of aliphatic carboxylic acids is 1. The minimum Gasteiger partial charge on any atom is -0.500 e. The summed E-state index contributed by atoms with van der Waals surface area (Å²) >= 11 is 0. The largest absolute Gasteiger partial charge is 1.00 e. The van der Waals surface area contributed by atoms with Crippen LogP contribution in [0.15, 0.2) is 0 Å². The number of rotatable bonds is 13. The van der Waals surface area contributed by atoms with Gasteiger partial charge < -0.3 is 9.59 Å². The summed E-state index contributed by atoms with van der Waals surface area (Å²) < 4.78 is 0.479. The van der Waals surface area contributed by atoms with E-state index in [1.165, 1.54) is 64.3 Å². The molecule has 4 heteroatoms. The third-order valence-electron chi connectivity index (χ3n) is 3.55. The van der Waals surface area contributed by atoms with Crippen molar-refractivity contribution in [3.8, 4) is 0 Å². The summed E-state index contributed by atoms with van der Waals surface area (Å²) in [5.74, 6) is -0.822. The van der Waals surface area contributed by atoms with E-state index >= 15 is 0 Å². The first kappa shape index (κ1) is 22.6. The maximum atomic E-state index is 10.6. The standard InChI is InChI=1S/C16H33NO2.Na/c1-4-5-6-7-8-9-10-11-12-13-14-17(2,3)15-16(18)19;/h15H,4-14H2,1-3H3,(H,18,19);/q;+1. The van der Waals surface area contributed by atoms with E-state index in [9.17, 15) is 4.79 Å². The molecule has 0 spiro atoms. The van der Waals surface area contributed by atoms with Crippen LogP contribution in [0.1, 0.15) is 71.1 Å². The van der Waals surface area contributed by atoms with Crippen molar-refractivity contribution in [1.29, 1.82) is 0 Å². The second-order valence-corrected chi connectivity index (χ2v) is 6.15. The van der Waals surface area contributed by atoms with E-state index in [-0.39, 0.29) is 29.6 Å². The van der Waals surface area contributed by atoms with E-state index < -0.39 is 5.97 Å². The maximum absolute atomic E-state index is 10.6. The summed E-state index contributed by atoms with van der Waals surface area (Å²) in [5.41, 5.74) is 0. The molecule has 0 saturated carbocycles. The minimum absolute atomic E-state index is 0. The molecule has 0 aliphatic heterocycles. The quantitative estimate of drug-likeness (QED) is 0.240. The Kier molecular flexibility index (Phi) is 16.1. The number of carboxylic acid groups (broad SMARTS) is 1. The fraction of sp³-hybridized carbons (Fsp3) is 0.875. The number of carbonyl (C=O) groups is 1. The Morgan fingerprint density at radius 2 is 1.30 bits per heavy atom. The molecule has 0 aromatic heterocycles. The van der Waals surface area contributed by atoms with Gasteiger partial charge in [0.2, 0.25) is 5.97 Å². The van der Waals surface area contributed by atoms with Gasteiger partial charge in [0.25, 0.3) is 0 Å². The van der Waals surface area contributed by atoms with E-state index in [0.717, 1.165) is 13.0 Å². The normalized spacial score (nSPS) is 10.9. The Morgan fingerprint density at radius 1 is 0.900 bits per heavy atom. The SMILES string of the molecule is CCCCCCCCCCCC[N+](C)(C)[CH-]C(=O)O.[Na+]. The van der Waals surface area contributed by atoms with Crippen molar-refractivity contribution >= 4 is 5.97 Å². The monoisotopic (exact) mass is 294 g/mol. The van der Waals surface area contributed by atoms with Gasteiger partial charge in [0.15, 0.2) is 0 Å². The van der Waals surface area contributed by atoms with Gasteiger partial charge in [-0.3, -0.25) is 4.79 Å². The summed E-state index contributed by atoms with van der Waals surface area (Å²) in [6.07, 6.45) is 13.2. The molecule has 0 unspecified atom stereocenters. The van der Waals surface area contributed by atoms with Crippen LogP contribution in [0.2, 0.25) is 0 Å². The van der Waals surface area contributed by atoms with Crippen molar-refractivity contribution in [3.63, 3.8) is 0 Å². The van der Waals surface area contributed by atoms with Crippen molar-refractivity contribution in [2.45, 2.75) is 71.1 Å². The van der Waals surface area contributed by atoms with Crippen molar-refractivity contribution in [2.24, 2.45) is 0 Å². The summed E-state index contributed by atoms with van der Waals surface area (Å²) in [6.45, 7) is 4.54. The molecule has 3 nitrogen and oxygen atoms in total. The fourth-order valence-electron chi connectivity index (χ4n) is 2.37. The second kappa shape index (κ2) is 14.2. The van der Waals surface area contributed by atoms with Gasteiger partial charge in [0, 0.05) is 14.1 Å². The molecular formula is C16H33NNaO2+. The molecule has 0 heterocycles. The van der Waals surface area contributed by atoms with Gasteiger partial charge in [-0.2, -0.15) is 0 Å². The maximum Gasteiger partial charge on any atom is 1.00 e. The van der Waals surface area contributed by atoms with Gasteiger partial charge in [-0.25, -0.2) is 0 Å². The molecule has 0 atom stereocenters. The van der Waals surface area contributed by atoms with Gasteiger partial charge in [0.1, 0.15) is 0 Å². The molecule has 0 aromatic carbocycles. The van der Waals surface area contributed by atoms with Crippen LogP contribution >= 0.6 is 0 Å². The van der Waals surface area contributed by atoms with Gasteiger partial charge in [-0.05, 0) is 12.8 Å². The first-order chi connectivity index (χ1) is 8.98. The third-order valence-corrected chi connectivity index (χ3v) is 3.55. The Hall–Kier alpha value is 0.300. The molecule has 0 amide bonds. The molecule has 0 fully saturated rings. The third kappa shape index (κ3) is 16.4.